The van der Waals surface area contributed by atoms with Crippen molar-refractivity contribution in [1.82, 2.24) is 0 Å². The van der Waals surface area contributed by atoms with Gasteiger partial charge >= 0.3 is 0 Å². The molecule has 7 atom stereocenters. The largest absolute Gasteiger partial charge is 0.392 e. The highest BCUT2D eigenvalue weighted by molar-refractivity contribution is 6.30. The van der Waals surface area contributed by atoms with Crippen LogP contribution in [0.1, 0.15) is 58.3 Å². The fourth-order valence-corrected chi connectivity index (χ4v) is 7.44. The highest BCUT2D eigenvalue weighted by atomic mass is 35.5. The van der Waals surface area contributed by atoms with Gasteiger partial charge in [0.2, 0.25) is 0 Å². The van der Waals surface area contributed by atoms with E-state index in [1.165, 1.54) is 31.3 Å². The lowest BCUT2D eigenvalue weighted by atomic mass is 9.51. The molecule has 0 aromatic carbocycles. The Morgan fingerprint density at radius 3 is 2.81 bits per heavy atom. The number of aliphatic hydroxyl groups excluding tert-OH is 1. The van der Waals surface area contributed by atoms with E-state index in [-0.39, 0.29) is 6.61 Å². The summed E-state index contributed by atoms with van der Waals surface area (Å²) in [5, 5.41) is 22.7. The molecule has 0 aromatic heterocycles. The summed E-state index contributed by atoms with van der Waals surface area (Å²) in [7, 11) is 0. The molecule has 0 radical (unpaired) electrons. The molecule has 0 amide bonds. The molecule has 0 unspecified atom stereocenters. The molecule has 3 saturated carbocycles. The van der Waals surface area contributed by atoms with Crippen LogP contribution in [-0.2, 0) is 0 Å². The van der Waals surface area contributed by atoms with Gasteiger partial charge in [-0.05, 0) is 97.1 Å². The van der Waals surface area contributed by atoms with E-state index in [4.69, 9.17) is 11.6 Å². The van der Waals surface area contributed by atoms with E-state index in [9.17, 15) is 10.2 Å². The van der Waals surface area contributed by atoms with Crippen molar-refractivity contribution in [2.45, 2.75) is 63.9 Å². The van der Waals surface area contributed by atoms with E-state index in [1.54, 1.807) is 0 Å². The Morgan fingerprint density at radius 2 is 2.08 bits per heavy atom. The maximum Gasteiger partial charge on any atom is 0.130 e. The zero-order valence-electron chi connectivity index (χ0n) is 15.8. The molecule has 0 saturated heterocycles. The first-order valence-electron chi connectivity index (χ1n) is 10.2. The molecule has 142 valence electrons. The van der Waals surface area contributed by atoms with Crippen molar-refractivity contribution in [2.24, 2.45) is 35.0 Å². The summed E-state index contributed by atoms with van der Waals surface area (Å²) in [4.78, 5) is 0. The van der Waals surface area contributed by atoms with E-state index >= 15 is 0 Å². The van der Waals surface area contributed by atoms with Gasteiger partial charge in [0, 0.05) is 11.8 Å². The normalized spacial score (nSPS) is 46.9. The average molecular weight is 375 g/mol. The third kappa shape index (κ3) is 2.79. The minimum atomic E-state index is -0.919. The number of hydrogen-bond acceptors (Lipinski definition) is 2. The van der Waals surface area contributed by atoms with E-state index in [1.807, 2.05) is 0 Å². The van der Waals surface area contributed by atoms with Crippen molar-refractivity contribution >= 4 is 11.6 Å². The van der Waals surface area contributed by atoms with Gasteiger partial charge in [0.05, 0.1) is 6.61 Å². The topological polar surface area (TPSA) is 40.5 Å². The van der Waals surface area contributed by atoms with Gasteiger partial charge < -0.3 is 10.2 Å². The van der Waals surface area contributed by atoms with Crippen LogP contribution in [0.3, 0.4) is 0 Å². The van der Waals surface area contributed by atoms with Crippen molar-refractivity contribution in [1.29, 1.82) is 0 Å². The first-order chi connectivity index (χ1) is 12.4. The molecule has 26 heavy (non-hydrogen) atoms. The second-order valence-electron chi connectivity index (χ2n) is 9.51. The average Bonchev–Trinajstić information content (AvgIpc) is 2.98. The fraction of sp³-hybridized carbons (Fsp3) is 0.739. The van der Waals surface area contributed by atoms with E-state index in [0.717, 1.165) is 42.6 Å². The Hall–Kier alpha value is -0.750. The summed E-state index contributed by atoms with van der Waals surface area (Å²) in [5.41, 5.74) is 1.86. The molecule has 2 nitrogen and oxygen atoms in total. The van der Waals surface area contributed by atoms with Gasteiger partial charge in [-0.25, -0.2) is 0 Å². The number of rotatable bonds is 2. The number of aliphatic hydroxyl groups is 2. The Bertz CT molecular complexity index is 686. The second-order valence-corrected chi connectivity index (χ2v) is 9.70. The van der Waals surface area contributed by atoms with Crippen LogP contribution in [0.5, 0.6) is 0 Å². The molecule has 3 fully saturated rings. The summed E-state index contributed by atoms with van der Waals surface area (Å²) in [6.07, 6.45) is 11.0. The highest BCUT2D eigenvalue weighted by Crippen LogP contribution is 2.64. The minimum Gasteiger partial charge on any atom is -0.392 e. The summed E-state index contributed by atoms with van der Waals surface area (Å²) in [5.74, 6) is 6.19. The van der Waals surface area contributed by atoms with Crippen molar-refractivity contribution in [3.05, 3.63) is 23.8 Å². The molecule has 0 heterocycles. The van der Waals surface area contributed by atoms with Gasteiger partial charge in [0.15, 0.2) is 0 Å². The predicted octanol–water partition coefficient (Wildman–Crippen LogP) is 4.65. The third-order valence-electron chi connectivity index (χ3n) is 8.48. The number of fused-ring (bicyclic) bond motifs is 5. The standard InChI is InChI=1S/C23H31ClO2/c1-15(14-25)20-5-6-21-19-4-3-16-13-23(26,11-12-24)10-8-17(16)18(19)7-9-22(20,21)2/h3,17-21,25-26H,1,4-10,13-14H2,2H3/t17-,18+,19+,20+,21-,22+,23+/m0/s1. The van der Waals surface area contributed by atoms with Crippen molar-refractivity contribution in [3.63, 3.8) is 0 Å². The Balaban J connectivity index is 1.57. The van der Waals surface area contributed by atoms with Crippen LogP contribution in [-0.4, -0.2) is 22.4 Å². The summed E-state index contributed by atoms with van der Waals surface area (Å²) < 4.78 is 0. The zero-order valence-corrected chi connectivity index (χ0v) is 16.6. The Kier molecular flexibility index (Phi) is 4.79. The monoisotopic (exact) mass is 374 g/mol. The van der Waals surface area contributed by atoms with E-state index < -0.39 is 5.60 Å². The molecule has 0 aliphatic heterocycles. The van der Waals surface area contributed by atoms with Crippen LogP contribution < -0.4 is 0 Å². The van der Waals surface area contributed by atoms with Gasteiger partial charge in [0.25, 0.3) is 0 Å². The summed E-state index contributed by atoms with van der Waals surface area (Å²) in [6.45, 7) is 6.77. The molecule has 3 heteroatoms. The van der Waals surface area contributed by atoms with Crippen LogP contribution in [0.15, 0.2) is 23.8 Å². The van der Waals surface area contributed by atoms with Gasteiger partial charge in [-0.2, -0.15) is 0 Å². The highest BCUT2D eigenvalue weighted by Gasteiger charge is 2.56. The summed E-state index contributed by atoms with van der Waals surface area (Å²) >= 11 is 5.57. The molecule has 4 aliphatic carbocycles. The molecular weight excluding hydrogens is 344 g/mol. The lowest BCUT2D eigenvalue weighted by Crippen LogP contribution is -2.47. The lowest BCUT2D eigenvalue weighted by Gasteiger charge is -2.54. The van der Waals surface area contributed by atoms with Crippen molar-refractivity contribution < 1.29 is 10.2 Å². The molecular formula is C23H31ClO2. The van der Waals surface area contributed by atoms with Gasteiger partial charge in [0.1, 0.15) is 5.60 Å². The Labute approximate surface area is 162 Å². The zero-order chi connectivity index (χ0) is 18.5. The maximum absolute atomic E-state index is 10.7. The van der Waals surface area contributed by atoms with Gasteiger partial charge in [-0.1, -0.05) is 31.1 Å². The lowest BCUT2D eigenvalue weighted by molar-refractivity contribution is -0.0209. The first-order valence-corrected chi connectivity index (χ1v) is 10.6. The number of halogens is 1. The van der Waals surface area contributed by atoms with Gasteiger partial charge in [-0.15, -0.1) is 0 Å². The fourth-order valence-electron chi connectivity index (χ4n) is 7.27. The van der Waals surface area contributed by atoms with Crippen molar-refractivity contribution in [3.8, 4) is 11.3 Å². The molecule has 4 rings (SSSR count). The van der Waals surface area contributed by atoms with Crippen LogP contribution in [0.25, 0.3) is 0 Å². The van der Waals surface area contributed by atoms with Crippen LogP contribution in [0, 0.1) is 46.3 Å². The summed E-state index contributed by atoms with van der Waals surface area (Å²) in [6, 6.07) is 0. The Morgan fingerprint density at radius 1 is 1.27 bits per heavy atom. The second kappa shape index (κ2) is 6.69. The molecule has 2 N–H and O–H groups in total. The van der Waals surface area contributed by atoms with Crippen molar-refractivity contribution in [2.75, 3.05) is 6.61 Å². The predicted molar refractivity (Wildman–Crippen MR) is 105 cm³/mol. The quantitative estimate of drug-likeness (QED) is 0.545. The van der Waals surface area contributed by atoms with E-state index in [0.29, 0.717) is 23.7 Å². The van der Waals surface area contributed by atoms with Crippen LogP contribution in [0.4, 0.5) is 0 Å². The molecule has 4 aliphatic rings. The maximum atomic E-state index is 10.7. The number of hydrogen-bond donors (Lipinski definition) is 2. The van der Waals surface area contributed by atoms with Crippen LogP contribution in [0.2, 0.25) is 0 Å². The van der Waals surface area contributed by atoms with Crippen LogP contribution >= 0.6 is 11.6 Å². The smallest absolute Gasteiger partial charge is 0.130 e. The molecule has 0 aromatic rings. The van der Waals surface area contributed by atoms with E-state index in [2.05, 4.69) is 30.9 Å². The third-order valence-corrected chi connectivity index (χ3v) is 8.57. The first kappa shape index (κ1) is 18.6. The minimum absolute atomic E-state index is 0.133. The number of allylic oxidation sites excluding steroid dienone is 1. The van der Waals surface area contributed by atoms with Gasteiger partial charge in [-0.3, -0.25) is 0 Å². The molecule has 0 spiro atoms. The SMILES string of the molecule is C=C(CO)[C@H]1CC[C@H]2[C@@H]3CC=C4C[C@](O)(C#CCl)CC[C@@H]4[C@H]3CC[C@]12C. The molecule has 0 bridgehead atoms.